The molecule has 17 aromatic carbocycles. The van der Waals surface area contributed by atoms with Gasteiger partial charge in [0.25, 0.3) is 0 Å². The van der Waals surface area contributed by atoms with Crippen molar-refractivity contribution in [1.29, 1.82) is 0 Å². The monoisotopic (exact) mass is 1200 g/mol. The van der Waals surface area contributed by atoms with Crippen molar-refractivity contribution in [3.63, 3.8) is 0 Å². The molecular formula is C90H60N4. The average Bonchev–Trinajstić information content (AvgIpc) is 1.26. The number of aromatic nitrogens is 1. The number of fused-ring (bicyclic) bond motifs is 12. The molecule has 18 aromatic rings. The van der Waals surface area contributed by atoms with Crippen LogP contribution in [0.1, 0.15) is 0 Å². The van der Waals surface area contributed by atoms with E-state index in [1.54, 1.807) is 0 Å². The van der Waals surface area contributed by atoms with E-state index in [-0.39, 0.29) is 0 Å². The molecule has 0 aliphatic carbocycles. The first kappa shape index (κ1) is 54.4. The lowest BCUT2D eigenvalue weighted by molar-refractivity contribution is 1.17. The van der Waals surface area contributed by atoms with E-state index in [9.17, 15) is 0 Å². The molecule has 4 heteroatoms. The first-order chi connectivity index (χ1) is 46.6. The van der Waals surface area contributed by atoms with Gasteiger partial charge in [0.2, 0.25) is 0 Å². The number of hydrogen-bond donors (Lipinski definition) is 0. The summed E-state index contributed by atoms with van der Waals surface area (Å²) in [5, 5.41) is 17.1. The lowest BCUT2D eigenvalue weighted by atomic mass is 9.98. The van der Waals surface area contributed by atoms with Crippen molar-refractivity contribution in [2.45, 2.75) is 0 Å². The van der Waals surface area contributed by atoms with Crippen LogP contribution in [-0.2, 0) is 0 Å². The summed E-state index contributed by atoms with van der Waals surface area (Å²) in [5.74, 6) is 0. The Labute approximate surface area is 545 Å². The van der Waals surface area contributed by atoms with Crippen LogP contribution in [0.15, 0.2) is 364 Å². The normalized spacial score (nSPS) is 11.6. The van der Waals surface area contributed by atoms with E-state index < -0.39 is 0 Å². The summed E-state index contributed by atoms with van der Waals surface area (Å²) in [6.07, 6.45) is 0. The lowest BCUT2D eigenvalue weighted by Gasteiger charge is -2.28. The standard InChI is InChI=1S/C90H60N4/c1-4-25-68(26-5-1)91(88-58-65-22-10-13-31-75(65)78-34-16-19-37-81(78)88)71-46-40-61(41-47-71)63-44-54-86-84(56-63)85-57-64(62-42-48-72(49-43-62)92(69-27-6-2-7-28-69)89-59-66-23-11-14-32-76(66)79-35-17-20-38-82(79)89)45-55-87(85)94(86)74-52-50-73(51-53-74)93(70-29-8-3-9-30-70)90-60-67-24-12-15-33-77(67)80-36-18-21-39-83(80)90/h1-60H. The zero-order valence-electron chi connectivity index (χ0n) is 51.4. The molecule has 0 N–H and O–H groups in total. The Morgan fingerprint density at radius 2 is 0.426 bits per heavy atom. The highest BCUT2D eigenvalue weighted by Crippen LogP contribution is 2.47. The molecule has 4 nitrogen and oxygen atoms in total. The van der Waals surface area contributed by atoms with Crippen molar-refractivity contribution < 1.29 is 0 Å². The summed E-state index contributed by atoms with van der Waals surface area (Å²) in [5.41, 5.74) is 17.9. The number of hydrogen-bond acceptors (Lipinski definition) is 3. The van der Waals surface area contributed by atoms with Crippen molar-refractivity contribution in [3.05, 3.63) is 364 Å². The van der Waals surface area contributed by atoms with Crippen molar-refractivity contribution in [3.8, 4) is 27.9 Å². The highest BCUT2D eigenvalue weighted by Gasteiger charge is 2.23. The molecule has 0 aliphatic heterocycles. The Kier molecular flexibility index (Phi) is 13.2. The van der Waals surface area contributed by atoms with E-state index in [0.717, 1.165) is 90.2 Å². The first-order valence-electron chi connectivity index (χ1n) is 32.3. The molecule has 440 valence electrons. The maximum Gasteiger partial charge on any atom is 0.0546 e. The molecule has 0 amide bonds. The number of benzene rings is 17. The summed E-state index contributed by atoms with van der Waals surface area (Å²) in [6.45, 7) is 0. The number of rotatable bonds is 12. The Bertz CT molecular complexity index is 5640. The molecule has 0 aliphatic rings. The smallest absolute Gasteiger partial charge is 0.0546 e. The number of para-hydroxylation sites is 3. The molecule has 0 fully saturated rings. The topological polar surface area (TPSA) is 14.7 Å². The van der Waals surface area contributed by atoms with E-state index in [2.05, 4.69) is 383 Å². The molecule has 0 saturated heterocycles. The minimum absolute atomic E-state index is 1.08. The minimum Gasteiger partial charge on any atom is -0.310 e. The van der Waals surface area contributed by atoms with Gasteiger partial charge in [-0.1, -0.05) is 237 Å². The Morgan fingerprint density at radius 3 is 0.755 bits per heavy atom. The van der Waals surface area contributed by atoms with Crippen LogP contribution in [0.5, 0.6) is 0 Å². The largest absolute Gasteiger partial charge is 0.310 e. The van der Waals surface area contributed by atoms with Gasteiger partial charge in [-0.25, -0.2) is 0 Å². The fourth-order valence-electron chi connectivity index (χ4n) is 14.7. The van der Waals surface area contributed by atoms with Crippen molar-refractivity contribution in [1.82, 2.24) is 4.57 Å². The van der Waals surface area contributed by atoms with Gasteiger partial charge < -0.3 is 19.3 Å². The highest BCUT2D eigenvalue weighted by atomic mass is 15.2. The van der Waals surface area contributed by atoms with Crippen LogP contribution in [0, 0.1) is 0 Å². The van der Waals surface area contributed by atoms with Gasteiger partial charge in [0.15, 0.2) is 0 Å². The fraction of sp³-hybridized carbons (Fsp3) is 0. The van der Waals surface area contributed by atoms with Gasteiger partial charge in [0.1, 0.15) is 0 Å². The molecule has 1 heterocycles. The first-order valence-corrected chi connectivity index (χ1v) is 32.3. The molecule has 0 unspecified atom stereocenters. The van der Waals surface area contributed by atoms with E-state index in [0.29, 0.717) is 0 Å². The molecule has 0 atom stereocenters. The van der Waals surface area contributed by atoms with Crippen molar-refractivity contribution >= 4 is 138 Å². The summed E-state index contributed by atoms with van der Waals surface area (Å²) < 4.78 is 2.45. The quantitative estimate of drug-likeness (QED) is 0.113. The molecule has 0 spiro atoms. The van der Waals surface area contributed by atoms with Crippen molar-refractivity contribution in [2.24, 2.45) is 0 Å². The molecule has 18 rings (SSSR count). The van der Waals surface area contributed by atoms with Crippen LogP contribution < -0.4 is 14.7 Å². The van der Waals surface area contributed by atoms with E-state index in [4.69, 9.17) is 0 Å². The zero-order valence-corrected chi connectivity index (χ0v) is 51.4. The Hall–Kier alpha value is -12.5. The molecule has 0 radical (unpaired) electrons. The second-order valence-electron chi connectivity index (χ2n) is 24.4. The number of anilines is 9. The van der Waals surface area contributed by atoms with Crippen LogP contribution in [0.2, 0.25) is 0 Å². The fourth-order valence-corrected chi connectivity index (χ4v) is 14.7. The van der Waals surface area contributed by atoms with Gasteiger partial charge >= 0.3 is 0 Å². The third kappa shape index (κ3) is 9.30. The Balaban J connectivity index is 0.772. The predicted molar refractivity (Wildman–Crippen MR) is 401 cm³/mol. The third-order valence-electron chi connectivity index (χ3n) is 19.1. The van der Waals surface area contributed by atoms with Crippen LogP contribution in [0.25, 0.3) is 114 Å². The summed E-state index contributed by atoms with van der Waals surface area (Å²) in [4.78, 5) is 7.22. The lowest BCUT2D eigenvalue weighted by Crippen LogP contribution is -2.10. The van der Waals surface area contributed by atoms with Gasteiger partial charge in [-0.3, -0.25) is 0 Å². The minimum atomic E-state index is 1.08. The van der Waals surface area contributed by atoms with Gasteiger partial charge in [0.05, 0.1) is 28.1 Å². The SMILES string of the molecule is c1ccc(N(c2ccc(-c3ccc4c(c3)c3cc(-c5ccc(N(c6ccccc6)c6cc7ccccc7c7ccccc67)cc5)ccc3n4-c3ccc(N(c4ccccc4)c4cc5ccccc5c5ccccc45)cc3)cc2)c2cc3ccccc3c3ccccc23)cc1. The molecule has 1 aromatic heterocycles. The van der Waals surface area contributed by atoms with Crippen LogP contribution in [-0.4, -0.2) is 4.57 Å². The van der Waals surface area contributed by atoms with Crippen molar-refractivity contribution in [2.75, 3.05) is 14.7 Å². The van der Waals surface area contributed by atoms with E-state index in [1.807, 2.05) is 0 Å². The van der Waals surface area contributed by atoms with Crippen LogP contribution >= 0.6 is 0 Å². The van der Waals surface area contributed by atoms with Gasteiger partial charge in [-0.05, 0) is 198 Å². The van der Waals surface area contributed by atoms with Gasteiger partial charge in [0, 0.05) is 66.7 Å². The summed E-state index contributed by atoms with van der Waals surface area (Å²) >= 11 is 0. The second-order valence-corrected chi connectivity index (χ2v) is 24.4. The molecule has 0 saturated carbocycles. The average molecular weight is 1200 g/mol. The Morgan fingerprint density at radius 1 is 0.170 bits per heavy atom. The second kappa shape index (κ2) is 22.8. The maximum atomic E-state index is 2.45. The third-order valence-corrected chi connectivity index (χ3v) is 19.1. The molecule has 94 heavy (non-hydrogen) atoms. The van der Waals surface area contributed by atoms with Crippen LogP contribution in [0.4, 0.5) is 51.2 Å². The van der Waals surface area contributed by atoms with E-state index in [1.165, 1.54) is 75.4 Å². The van der Waals surface area contributed by atoms with Gasteiger partial charge in [-0.2, -0.15) is 0 Å². The van der Waals surface area contributed by atoms with Crippen LogP contribution in [0.3, 0.4) is 0 Å². The highest BCUT2D eigenvalue weighted by molar-refractivity contribution is 6.18. The zero-order chi connectivity index (χ0) is 62.1. The molecule has 0 bridgehead atoms. The molecular weight excluding hydrogens is 1140 g/mol. The summed E-state index contributed by atoms with van der Waals surface area (Å²) in [6, 6.07) is 133. The maximum absolute atomic E-state index is 2.45. The summed E-state index contributed by atoms with van der Waals surface area (Å²) in [7, 11) is 0. The van der Waals surface area contributed by atoms with Gasteiger partial charge in [-0.15, -0.1) is 0 Å². The number of nitrogens with zero attached hydrogens (tertiary/aromatic N) is 4. The predicted octanol–water partition coefficient (Wildman–Crippen LogP) is 25.4. The van der Waals surface area contributed by atoms with E-state index >= 15 is 0 Å².